The fourth-order valence-electron chi connectivity index (χ4n) is 1.39. The van der Waals surface area contributed by atoms with Gasteiger partial charge >= 0.3 is 7.12 Å². The van der Waals surface area contributed by atoms with E-state index in [0.717, 1.165) is 38.9 Å². The molecule has 0 aliphatic heterocycles. The van der Waals surface area contributed by atoms with Gasteiger partial charge in [0.05, 0.1) is 6.07 Å². The largest absolute Gasteiger partial charge is 0.461 e. The predicted octanol–water partition coefficient (Wildman–Crippen LogP) is 3.66. The van der Waals surface area contributed by atoms with Gasteiger partial charge in [-0.25, -0.2) is 0 Å². The van der Waals surface area contributed by atoms with Crippen molar-refractivity contribution in [2.75, 3.05) is 13.2 Å². The van der Waals surface area contributed by atoms with E-state index in [-0.39, 0.29) is 18.9 Å². The maximum absolute atomic E-state index is 8.94. The first-order valence-electron chi connectivity index (χ1n) is 6.80. The molecule has 0 radical (unpaired) electrons. The van der Waals surface area contributed by atoms with E-state index in [1.54, 1.807) is 0 Å². The number of nitrogens with zero attached hydrogens (tertiary/aromatic N) is 1. The van der Waals surface area contributed by atoms with Crippen LogP contribution in [0.1, 0.15) is 53.4 Å². The monoisotopic (exact) mass is 239 g/mol. The molecule has 0 aliphatic carbocycles. The van der Waals surface area contributed by atoms with Gasteiger partial charge in [0.25, 0.3) is 0 Å². The summed E-state index contributed by atoms with van der Waals surface area (Å²) in [6.07, 6.45) is 4.32. The third-order valence-corrected chi connectivity index (χ3v) is 2.98. The molecule has 0 amide bonds. The molecule has 0 fully saturated rings. The van der Waals surface area contributed by atoms with Gasteiger partial charge in [-0.3, -0.25) is 0 Å². The molecule has 0 saturated heterocycles. The smallest absolute Gasteiger partial charge is 0.411 e. The molecule has 3 nitrogen and oxygen atoms in total. The Morgan fingerprint density at radius 2 is 1.53 bits per heavy atom. The van der Waals surface area contributed by atoms with E-state index in [4.69, 9.17) is 14.6 Å². The Morgan fingerprint density at radius 1 is 1.06 bits per heavy atom. The van der Waals surface area contributed by atoms with Crippen molar-refractivity contribution < 1.29 is 9.31 Å². The van der Waals surface area contributed by atoms with Crippen molar-refractivity contribution in [2.45, 2.75) is 59.2 Å². The van der Waals surface area contributed by atoms with Crippen molar-refractivity contribution in [3.63, 3.8) is 0 Å². The number of nitriles is 1. The Morgan fingerprint density at radius 3 is 1.88 bits per heavy atom. The maximum Gasteiger partial charge on any atom is 0.461 e. The van der Waals surface area contributed by atoms with Crippen LogP contribution >= 0.6 is 0 Å². The Labute approximate surface area is 107 Å². The van der Waals surface area contributed by atoms with Gasteiger partial charge in [-0.15, -0.1) is 0 Å². The van der Waals surface area contributed by atoms with E-state index in [1.165, 1.54) is 0 Å². The van der Waals surface area contributed by atoms with Gasteiger partial charge in [0, 0.05) is 24.9 Å². The molecule has 98 valence electrons. The molecule has 0 aromatic carbocycles. The predicted molar refractivity (Wildman–Crippen MR) is 71.7 cm³/mol. The molecule has 2 atom stereocenters. The van der Waals surface area contributed by atoms with Gasteiger partial charge in [-0.2, -0.15) is 5.26 Å². The van der Waals surface area contributed by atoms with Crippen molar-refractivity contribution >= 4 is 7.12 Å². The van der Waals surface area contributed by atoms with E-state index in [0.29, 0.717) is 0 Å². The van der Waals surface area contributed by atoms with Crippen LogP contribution in [-0.2, 0) is 9.31 Å². The summed E-state index contributed by atoms with van der Waals surface area (Å²) < 4.78 is 11.5. The van der Waals surface area contributed by atoms with E-state index < -0.39 is 0 Å². The molecule has 4 heteroatoms. The van der Waals surface area contributed by atoms with Crippen LogP contribution in [0.15, 0.2) is 0 Å². The summed E-state index contributed by atoms with van der Waals surface area (Å²) in [7, 11) is -0.234. The lowest BCUT2D eigenvalue weighted by Gasteiger charge is -2.22. The average molecular weight is 239 g/mol. The summed E-state index contributed by atoms with van der Waals surface area (Å²) in [5.41, 5.74) is 0. The lowest BCUT2D eigenvalue weighted by atomic mass is 9.66. The van der Waals surface area contributed by atoms with Gasteiger partial charge in [0.1, 0.15) is 0 Å². The standard InChI is InChI=1S/C13H26BNO2/c1-5-7-9-16-14(17-10-8-6-2)13(4)12(3)11-15/h12-13H,5-10H2,1-4H3. The lowest BCUT2D eigenvalue weighted by Crippen LogP contribution is -2.31. The highest BCUT2D eigenvalue weighted by Crippen LogP contribution is 2.22. The normalized spacial score (nSPS) is 14.1. The fourth-order valence-corrected chi connectivity index (χ4v) is 1.39. The molecule has 0 N–H and O–H groups in total. The second-order valence-electron chi connectivity index (χ2n) is 4.59. The first kappa shape index (κ1) is 16.5. The van der Waals surface area contributed by atoms with Gasteiger partial charge in [-0.1, -0.05) is 33.6 Å². The summed E-state index contributed by atoms with van der Waals surface area (Å²) in [6, 6.07) is 2.27. The quantitative estimate of drug-likeness (QED) is 0.431. The summed E-state index contributed by atoms with van der Waals surface area (Å²) in [5, 5.41) is 8.94. The second-order valence-corrected chi connectivity index (χ2v) is 4.59. The van der Waals surface area contributed by atoms with E-state index in [9.17, 15) is 0 Å². The molecule has 0 saturated carbocycles. The summed E-state index contributed by atoms with van der Waals surface area (Å²) >= 11 is 0. The van der Waals surface area contributed by atoms with Crippen LogP contribution in [0.2, 0.25) is 5.82 Å². The van der Waals surface area contributed by atoms with Gasteiger partial charge in [0.2, 0.25) is 0 Å². The highest BCUT2D eigenvalue weighted by molar-refractivity contribution is 6.46. The number of hydrogen-bond donors (Lipinski definition) is 0. The van der Waals surface area contributed by atoms with Crippen molar-refractivity contribution in [1.29, 1.82) is 5.26 Å². The molecule has 2 unspecified atom stereocenters. The van der Waals surface area contributed by atoms with Crippen LogP contribution in [0.5, 0.6) is 0 Å². The van der Waals surface area contributed by atoms with Crippen LogP contribution in [0.4, 0.5) is 0 Å². The van der Waals surface area contributed by atoms with E-state index >= 15 is 0 Å². The molecular formula is C13H26BNO2. The fraction of sp³-hybridized carbons (Fsp3) is 0.923. The molecule has 0 spiro atoms. The van der Waals surface area contributed by atoms with E-state index in [1.807, 2.05) is 13.8 Å². The van der Waals surface area contributed by atoms with Gasteiger partial charge in [0.15, 0.2) is 0 Å². The third kappa shape index (κ3) is 7.41. The minimum atomic E-state index is -0.234. The summed E-state index contributed by atoms with van der Waals surface area (Å²) in [6.45, 7) is 9.65. The zero-order valence-electron chi connectivity index (χ0n) is 11.7. The van der Waals surface area contributed by atoms with Gasteiger partial charge < -0.3 is 9.31 Å². The highest BCUT2D eigenvalue weighted by atomic mass is 16.6. The molecule has 0 aromatic heterocycles. The minimum Gasteiger partial charge on any atom is -0.411 e. The van der Waals surface area contributed by atoms with Crippen molar-refractivity contribution in [3.05, 3.63) is 0 Å². The topological polar surface area (TPSA) is 42.2 Å². The summed E-state index contributed by atoms with van der Waals surface area (Å²) in [5.74, 6) is 0.0805. The zero-order valence-corrected chi connectivity index (χ0v) is 11.7. The lowest BCUT2D eigenvalue weighted by molar-refractivity contribution is 0.180. The Balaban J connectivity index is 4.13. The molecule has 0 bridgehead atoms. The zero-order chi connectivity index (χ0) is 13.1. The van der Waals surface area contributed by atoms with Crippen molar-refractivity contribution in [2.24, 2.45) is 5.92 Å². The third-order valence-electron chi connectivity index (χ3n) is 2.98. The molecule has 0 rings (SSSR count). The second kappa shape index (κ2) is 10.6. The molecular weight excluding hydrogens is 213 g/mol. The van der Waals surface area contributed by atoms with Crippen molar-refractivity contribution in [3.8, 4) is 6.07 Å². The Kier molecular flexibility index (Phi) is 10.3. The first-order valence-corrected chi connectivity index (χ1v) is 6.80. The van der Waals surface area contributed by atoms with Crippen molar-refractivity contribution in [1.82, 2.24) is 0 Å². The maximum atomic E-state index is 8.94. The Bertz CT molecular complexity index is 208. The molecule has 0 aliphatic rings. The number of unbranched alkanes of at least 4 members (excludes halogenated alkanes) is 2. The molecule has 0 aromatic rings. The SMILES string of the molecule is CCCCOB(OCCCC)C(C)C(C)C#N. The van der Waals surface area contributed by atoms with Crippen LogP contribution < -0.4 is 0 Å². The minimum absolute atomic E-state index is 0.0387. The van der Waals surface area contributed by atoms with Crippen LogP contribution in [-0.4, -0.2) is 20.3 Å². The molecule has 17 heavy (non-hydrogen) atoms. The average Bonchev–Trinajstić information content (AvgIpc) is 2.35. The van der Waals surface area contributed by atoms with Gasteiger partial charge in [-0.05, 0) is 19.8 Å². The Hall–Kier alpha value is -0.525. The van der Waals surface area contributed by atoms with Crippen LogP contribution in [0, 0.1) is 17.2 Å². The highest BCUT2D eigenvalue weighted by Gasteiger charge is 2.30. The number of hydrogen-bond acceptors (Lipinski definition) is 3. The van der Waals surface area contributed by atoms with E-state index in [2.05, 4.69) is 19.9 Å². The summed E-state index contributed by atoms with van der Waals surface area (Å²) in [4.78, 5) is 0. The van der Waals surface area contributed by atoms with Crippen LogP contribution in [0.3, 0.4) is 0 Å². The van der Waals surface area contributed by atoms with Crippen LogP contribution in [0.25, 0.3) is 0 Å². The first-order chi connectivity index (χ1) is 8.17. The number of rotatable bonds is 10. The molecule has 0 heterocycles.